The molecule has 0 aliphatic rings. The van der Waals surface area contributed by atoms with Crippen molar-refractivity contribution in [2.75, 3.05) is 31.7 Å². The molecule has 0 aliphatic carbocycles. The second-order valence-corrected chi connectivity index (χ2v) is 10.3. The number of rotatable bonds is 13. The van der Waals surface area contributed by atoms with Crippen LogP contribution in [-0.4, -0.2) is 47.9 Å². The molecule has 1 N–H and O–H groups in total. The number of benzene rings is 3. The van der Waals surface area contributed by atoms with E-state index in [2.05, 4.69) is 17.5 Å². The number of hydrazone groups is 1. The summed E-state index contributed by atoms with van der Waals surface area (Å²) in [6.45, 7) is 4.07. The van der Waals surface area contributed by atoms with E-state index in [0.717, 1.165) is 34.0 Å². The van der Waals surface area contributed by atoms with Gasteiger partial charge in [0.1, 0.15) is 23.8 Å². The molecule has 10 heteroatoms. The van der Waals surface area contributed by atoms with E-state index in [1.165, 1.54) is 38.6 Å². The lowest BCUT2D eigenvalue weighted by molar-refractivity contribution is -0.119. The number of nitrogens with zero attached hydrogens (tertiary/aromatic N) is 2. The van der Waals surface area contributed by atoms with E-state index in [1.54, 1.807) is 24.3 Å². The summed E-state index contributed by atoms with van der Waals surface area (Å²) in [4.78, 5) is 12.9. The Labute approximate surface area is 224 Å². The van der Waals surface area contributed by atoms with Crippen LogP contribution in [0.4, 0.5) is 5.69 Å². The minimum atomic E-state index is -4.14. The van der Waals surface area contributed by atoms with Crippen molar-refractivity contribution in [3.8, 4) is 17.2 Å². The molecule has 0 spiro atoms. The van der Waals surface area contributed by atoms with Crippen molar-refractivity contribution in [3.63, 3.8) is 0 Å². The van der Waals surface area contributed by atoms with Crippen LogP contribution in [0.15, 0.2) is 76.7 Å². The summed E-state index contributed by atoms with van der Waals surface area (Å²) in [6, 6.07) is 18.4. The first-order chi connectivity index (χ1) is 18.3. The molecule has 3 rings (SSSR count). The van der Waals surface area contributed by atoms with Gasteiger partial charge in [-0.15, -0.1) is 0 Å². The SMILES string of the molecule is CCCCOc1ccc(/C=N\NC(=O)CN(c2cc(OC)ccc2OC)S(=O)(=O)c2ccc(C)cc2)cc1. The van der Waals surface area contributed by atoms with Gasteiger partial charge in [-0.05, 0) is 67.4 Å². The van der Waals surface area contributed by atoms with Crippen LogP contribution in [0.5, 0.6) is 17.2 Å². The second kappa shape index (κ2) is 13.5. The molecule has 0 fully saturated rings. The van der Waals surface area contributed by atoms with Gasteiger partial charge < -0.3 is 14.2 Å². The van der Waals surface area contributed by atoms with E-state index < -0.39 is 22.5 Å². The lowest BCUT2D eigenvalue weighted by Gasteiger charge is -2.25. The minimum Gasteiger partial charge on any atom is -0.497 e. The van der Waals surface area contributed by atoms with Crippen molar-refractivity contribution in [1.29, 1.82) is 0 Å². The summed E-state index contributed by atoms with van der Waals surface area (Å²) in [5.74, 6) is 0.787. The van der Waals surface area contributed by atoms with Crippen LogP contribution in [0.1, 0.15) is 30.9 Å². The summed E-state index contributed by atoms with van der Waals surface area (Å²) < 4.78 is 44.6. The molecule has 38 heavy (non-hydrogen) atoms. The molecule has 1 amide bonds. The number of sulfonamides is 1. The number of carbonyl (C=O) groups excluding carboxylic acids is 1. The molecule has 3 aromatic rings. The highest BCUT2D eigenvalue weighted by atomic mass is 32.2. The predicted molar refractivity (Wildman–Crippen MR) is 148 cm³/mol. The first-order valence-electron chi connectivity index (χ1n) is 12.1. The van der Waals surface area contributed by atoms with Crippen LogP contribution in [-0.2, 0) is 14.8 Å². The summed E-state index contributed by atoms with van der Waals surface area (Å²) in [5.41, 5.74) is 4.21. The van der Waals surface area contributed by atoms with Crippen LogP contribution in [0.25, 0.3) is 0 Å². The number of methoxy groups -OCH3 is 2. The molecule has 0 unspecified atom stereocenters. The smallest absolute Gasteiger partial charge is 0.264 e. The Morgan fingerprint density at radius 2 is 1.66 bits per heavy atom. The Bertz CT molecular complexity index is 1340. The number of carbonyl (C=O) groups is 1. The number of ether oxygens (including phenoxy) is 3. The molecule has 0 saturated heterocycles. The van der Waals surface area contributed by atoms with Gasteiger partial charge in [0.2, 0.25) is 0 Å². The van der Waals surface area contributed by atoms with Gasteiger partial charge in [0, 0.05) is 6.07 Å². The molecule has 0 radical (unpaired) electrons. The molecular weight excluding hydrogens is 506 g/mol. The monoisotopic (exact) mass is 539 g/mol. The molecule has 0 aliphatic heterocycles. The van der Waals surface area contributed by atoms with Gasteiger partial charge in [0.15, 0.2) is 0 Å². The Hall–Kier alpha value is -4.05. The predicted octanol–water partition coefficient (Wildman–Crippen LogP) is 4.54. The summed E-state index contributed by atoms with van der Waals surface area (Å²) in [7, 11) is -1.25. The summed E-state index contributed by atoms with van der Waals surface area (Å²) in [5, 5.41) is 3.99. The van der Waals surface area contributed by atoms with E-state index in [1.807, 2.05) is 31.2 Å². The number of nitrogens with one attached hydrogen (secondary N) is 1. The Morgan fingerprint density at radius 3 is 2.29 bits per heavy atom. The quantitative estimate of drug-likeness (QED) is 0.194. The molecule has 0 atom stereocenters. The Balaban J connectivity index is 1.82. The van der Waals surface area contributed by atoms with Crippen molar-refractivity contribution in [1.82, 2.24) is 5.43 Å². The minimum absolute atomic E-state index is 0.0329. The van der Waals surface area contributed by atoms with Crippen molar-refractivity contribution >= 4 is 27.8 Å². The number of amides is 1. The molecule has 0 bridgehead atoms. The maximum absolute atomic E-state index is 13.7. The van der Waals surface area contributed by atoms with Crippen LogP contribution in [0, 0.1) is 6.92 Å². The fraction of sp³-hybridized carbons (Fsp3) is 0.286. The molecule has 0 saturated carbocycles. The maximum atomic E-state index is 13.7. The third-order valence-electron chi connectivity index (χ3n) is 5.60. The summed E-state index contributed by atoms with van der Waals surface area (Å²) in [6.07, 6.45) is 3.50. The van der Waals surface area contributed by atoms with Gasteiger partial charge in [0.25, 0.3) is 15.9 Å². The molecule has 0 aromatic heterocycles. The fourth-order valence-electron chi connectivity index (χ4n) is 3.46. The topological polar surface area (TPSA) is 107 Å². The van der Waals surface area contributed by atoms with Gasteiger partial charge in [-0.2, -0.15) is 5.10 Å². The van der Waals surface area contributed by atoms with Gasteiger partial charge in [-0.1, -0.05) is 31.0 Å². The van der Waals surface area contributed by atoms with Crippen molar-refractivity contribution in [2.45, 2.75) is 31.6 Å². The van der Waals surface area contributed by atoms with Gasteiger partial charge in [0.05, 0.1) is 37.6 Å². The van der Waals surface area contributed by atoms with Crippen molar-refractivity contribution in [3.05, 3.63) is 77.9 Å². The Kier molecular flexibility index (Phi) is 10.1. The van der Waals surface area contributed by atoms with Crippen LogP contribution in [0.3, 0.4) is 0 Å². The third kappa shape index (κ3) is 7.48. The number of anilines is 1. The average molecular weight is 540 g/mol. The standard InChI is InChI=1S/C28H33N3O6S/c1-5-6-17-37-23-11-9-22(10-12-23)19-29-30-28(32)20-31(26-18-24(35-3)13-16-27(26)36-4)38(33,34)25-14-7-21(2)8-15-25/h7-16,18-19H,5-6,17,20H2,1-4H3,(H,30,32)/b29-19-. The zero-order chi connectivity index (χ0) is 27.5. The van der Waals surface area contributed by atoms with Gasteiger partial charge >= 0.3 is 0 Å². The number of hydrogen-bond acceptors (Lipinski definition) is 7. The zero-order valence-corrected chi connectivity index (χ0v) is 22.8. The highest BCUT2D eigenvalue weighted by molar-refractivity contribution is 7.92. The number of unbranched alkanes of at least 4 members (excludes halogenated alkanes) is 1. The lowest BCUT2D eigenvalue weighted by Crippen LogP contribution is -2.39. The maximum Gasteiger partial charge on any atom is 0.264 e. The number of aryl methyl sites for hydroxylation is 1. The zero-order valence-electron chi connectivity index (χ0n) is 22.0. The highest BCUT2D eigenvalue weighted by Crippen LogP contribution is 2.35. The largest absolute Gasteiger partial charge is 0.497 e. The normalized spacial score (nSPS) is 11.3. The number of hydrogen-bond donors (Lipinski definition) is 1. The summed E-state index contributed by atoms with van der Waals surface area (Å²) >= 11 is 0. The van der Waals surface area contributed by atoms with E-state index in [0.29, 0.717) is 12.4 Å². The second-order valence-electron chi connectivity index (χ2n) is 8.43. The molecule has 9 nitrogen and oxygen atoms in total. The molecular formula is C28H33N3O6S. The first kappa shape index (κ1) is 28.5. The third-order valence-corrected chi connectivity index (χ3v) is 7.37. The van der Waals surface area contributed by atoms with E-state index in [-0.39, 0.29) is 16.3 Å². The van der Waals surface area contributed by atoms with Crippen LogP contribution < -0.4 is 23.9 Å². The van der Waals surface area contributed by atoms with Gasteiger partial charge in [-0.25, -0.2) is 13.8 Å². The van der Waals surface area contributed by atoms with Crippen molar-refractivity contribution < 1.29 is 27.4 Å². The highest BCUT2D eigenvalue weighted by Gasteiger charge is 2.30. The Morgan fingerprint density at radius 1 is 0.974 bits per heavy atom. The van der Waals surface area contributed by atoms with E-state index in [4.69, 9.17) is 14.2 Å². The lowest BCUT2D eigenvalue weighted by atomic mass is 10.2. The fourth-order valence-corrected chi connectivity index (χ4v) is 4.88. The molecule has 3 aromatic carbocycles. The van der Waals surface area contributed by atoms with Gasteiger partial charge in [-0.3, -0.25) is 9.10 Å². The molecule has 202 valence electrons. The average Bonchev–Trinajstić information content (AvgIpc) is 2.92. The first-order valence-corrected chi connectivity index (χ1v) is 13.6. The van der Waals surface area contributed by atoms with Crippen molar-refractivity contribution in [2.24, 2.45) is 5.10 Å². The van der Waals surface area contributed by atoms with Crippen LogP contribution in [0.2, 0.25) is 0 Å². The van der Waals surface area contributed by atoms with E-state index in [9.17, 15) is 13.2 Å². The van der Waals surface area contributed by atoms with E-state index >= 15 is 0 Å². The molecule has 0 heterocycles. The van der Waals surface area contributed by atoms with Crippen LogP contribution >= 0.6 is 0 Å².